The van der Waals surface area contributed by atoms with E-state index in [2.05, 4.69) is 6.07 Å². The Kier molecular flexibility index (Phi) is 3.39. The SMILES string of the molecule is N#Cc1ccccc1Oc1ccc(CN)cc1. The van der Waals surface area contributed by atoms with Crippen molar-refractivity contribution >= 4 is 0 Å². The van der Waals surface area contributed by atoms with Crippen LogP contribution in [-0.4, -0.2) is 0 Å². The van der Waals surface area contributed by atoms with Gasteiger partial charge in [0, 0.05) is 6.54 Å². The van der Waals surface area contributed by atoms with Gasteiger partial charge in [-0.2, -0.15) is 5.26 Å². The van der Waals surface area contributed by atoms with Crippen LogP contribution in [0, 0.1) is 11.3 Å². The monoisotopic (exact) mass is 224 g/mol. The Bertz CT molecular complexity index is 541. The van der Waals surface area contributed by atoms with Crippen LogP contribution >= 0.6 is 0 Å². The summed E-state index contributed by atoms with van der Waals surface area (Å²) < 4.78 is 5.64. The van der Waals surface area contributed by atoms with Crippen LogP contribution in [0.3, 0.4) is 0 Å². The molecule has 2 N–H and O–H groups in total. The van der Waals surface area contributed by atoms with E-state index in [0.717, 1.165) is 5.56 Å². The van der Waals surface area contributed by atoms with E-state index in [0.29, 0.717) is 23.6 Å². The van der Waals surface area contributed by atoms with Crippen molar-refractivity contribution in [3.63, 3.8) is 0 Å². The Labute approximate surface area is 100 Å². The average molecular weight is 224 g/mol. The third kappa shape index (κ3) is 2.63. The van der Waals surface area contributed by atoms with Crippen molar-refractivity contribution in [1.29, 1.82) is 5.26 Å². The van der Waals surface area contributed by atoms with E-state index in [1.54, 1.807) is 12.1 Å². The number of hydrogen-bond acceptors (Lipinski definition) is 3. The standard InChI is InChI=1S/C14H12N2O/c15-9-11-5-7-13(8-6-11)17-14-4-2-1-3-12(14)10-16/h1-8H,9,15H2. The average Bonchev–Trinajstić information content (AvgIpc) is 2.40. The summed E-state index contributed by atoms with van der Waals surface area (Å²) in [6.07, 6.45) is 0. The predicted molar refractivity (Wildman–Crippen MR) is 65.6 cm³/mol. The first-order valence-electron chi connectivity index (χ1n) is 5.29. The quantitative estimate of drug-likeness (QED) is 0.872. The van der Waals surface area contributed by atoms with Crippen molar-refractivity contribution in [2.45, 2.75) is 6.54 Å². The molecule has 0 saturated heterocycles. The molecule has 0 unspecified atom stereocenters. The van der Waals surface area contributed by atoms with Crippen LogP contribution in [0.5, 0.6) is 11.5 Å². The Morgan fingerprint density at radius 3 is 2.41 bits per heavy atom. The molecule has 0 aliphatic carbocycles. The fraction of sp³-hybridized carbons (Fsp3) is 0.0714. The molecule has 84 valence electrons. The van der Waals surface area contributed by atoms with Crippen LogP contribution in [0.25, 0.3) is 0 Å². The van der Waals surface area contributed by atoms with Gasteiger partial charge in [0.15, 0.2) is 0 Å². The Morgan fingerprint density at radius 1 is 1.06 bits per heavy atom. The van der Waals surface area contributed by atoms with E-state index >= 15 is 0 Å². The predicted octanol–water partition coefficient (Wildman–Crippen LogP) is 2.81. The van der Waals surface area contributed by atoms with Crippen LogP contribution in [0.2, 0.25) is 0 Å². The Hall–Kier alpha value is -2.31. The highest BCUT2D eigenvalue weighted by molar-refractivity contribution is 5.45. The minimum Gasteiger partial charge on any atom is -0.456 e. The molecule has 0 radical (unpaired) electrons. The number of nitrogens with zero attached hydrogens (tertiary/aromatic N) is 1. The van der Waals surface area contributed by atoms with Crippen LogP contribution in [0.4, 0.5) is 0 Å². The normalized spacial score (nSPS) is 9.65. The maximum absolute atomic E-state index is 8.93. The summed E-state index contributed by atoms with van der Waals surface area (Å²) in [5.41, 5.74) is 7.08. The largest absolute Gasteiger partial charge is 0.456 e. The molecule has 0 amide bonds. The van der Waals surface area contributed by atoms with Crippen LogP contribution in [0.1, 0.15) is 11.1 Å². The molecule has 0 bridgehead atoms. The van der Waals surface area contributed by atoms with E-state index in [1.807, 2.05) is 36.4 Å². The molecule has 17 heavy (non-hydrogen) atoms. The maximum atomic E-state index is 8.93. The second-order valence-electron chi connectivity index (χ2n) is 3.56. The first kappa shape index (κ1) is 11.2. The van der Waals surface area contributed by atoms with Gasteiger partial charge in [-0.25, -0.2) is 0 Å². The number of benzene rings is 2. The first-order chi connectivity index (χ1) is 8.33. The van der Waals surface area contributed by atoms with Gasteiger partial charge >= 0.3 is 0 Å². The number of hydrogen-bond donors (Lipinski definition) is 1. The van der Waals surface area contributed by atoms with Crippen molar-refractivity contribution < 1.29 is 4.74 Å². The van der Waals surface area contributed by atoms with Crippen LogP contribution in [-0.2, 0) is 6.54 Å². The number of ether oxygens (including phenoxy) is 1. The molecule has 3 heteroatoms. The number of nitrogens with two attached hydrogens (primary N) is 1. The molecule has 0 heterocycles. The van der Waals surface area contributed by atoms with Crippen molar-refractivity contribution in [3.05, 3.63) is 59.7 Å². The van der Waals surface area contributed by atoms with Gasteiger partial charge in [0.25, 0.3) is 0 Å². The summed E-state index contributed by atoms with van der Waals surface area (Å²) in [4.78, 5) is 0. The van der Waals surface area contributed by atoms with Gasteiger partial charge in [0.2, 0.25) is 0 Å². The minimum absolute atomic E-state index is 0.509. The Morgan fingerprint density at radius 2 is 1.76 bits per heavy atom. The third-order valence-electron chi connectivity index (χ3n) is 2.39. The van der Waals surface area contributed by atoms with E-state index in [4.69, 9.17) is 15.7 Å². The number of para-hydroxylation sites is 1. The molecule has 0 atom stereocenters. The molecule has 2 aromatic carbocycles. The second kappa shape index (κ2) is 5.15. The lowest BCUT2D eigenvalue weighted by Crippen LogP contribution is -1.95. The van der Waals surface area contributed by atoms with Gasteiger partial charge < -0.3 is 10.5 Å². The van der Waals surface area contributed by atoms with E-state index < -0.39 is 0 Å². The lowest BCUT2D eigenvalue weighted by atomic mass is 10.2. The summed E-state index contributed by atoms with van der Waals surface area (Å²) in [6.45, 7) is 0.509. The van der Waals surface area contributed by atoms with E-state index in [1.165, 1.54) is 0 Å². The molecule has 0 fully saturated rings. The van der Waals surface area contributed by atoms with Crippen molar-refractivity contribution in [2.75, 3.05) is 0 Å². The fourth-order valence-corrected chi connectivity index (χ4v) is 1.47. The molecular formula is C14H12N2O. The highest BCUT2D eigenvalue weighted by Gasteiger charge is 2.02. The second-order valence-corrected chi connectivity index (χ2v) is 3.56. The summed E-state index contributed by atoms with van der Waals surface area (Å²) in [7, 11) is 0. The molecule has 0 aliphatic heterocycles. The van der Waals surface area contributed by atoms with Crippen LogP contribution in [0.15, 0.2) is 48.5 Å². The van der Waals surface area contributed by atoms with Crippen molar-refractivity contribution in [1.82, 2.24) is 0 Å². The molecular weight excluding hydrogens is 212 g/mol. The topological polar surface area (TPSA) is 59.0 Å². The van der Waals surface area contributed by atoms with Gasteiger partial charge in [-0.3, -0.25) is 0 Å². The maximum Gasteiger partial charge on any atom is 0.145 e. The number of rotatable bonds is 3. The summed E-state index contributed by atoms with van der Waals surface area (Å²) >= 11 is 0. The van der Waals surface area contributed by atoms with Crippen molar-refractivity contribution in [3.8, 4) is 17.6 Å². The smallest absolute Gasteiger partial charge is 0.145 e. The van der Waals surface area contributed by atoms with E-state index in [9.17, 15) is 0 Å². The van der Waals surface area contributed by atoms with Crippen LogP contribution < -0.4 is 10.5 Å². The third-order valence-corrected chi connectivity index (χ3v) is 2.39. The van der Waals surface area contributed by atoms with Gasteiger partial charge in [-0.15, -0.1) is 0 Å². The molecule has 0 saturated carbocycles. The van der Waals surface area contributed by atoms with Crippen molar-refractivity contribution in [2.24, 2.45) is 5.73 Å². The first-order valence-corrected chi connectivity index (χ1v) is 5.29. The molecule has 0 aromatic heterocycles. The zero-order valence-corrected chi connectivity index (χ0v) is 9.26. The van der Waals surface area contributed by atoms with Gasteiger partial charge in [0.1, 0.15) is 17.6 Å². The van der Waals surface area contributed by atoms with Gasteiger partial charge in [0.05, 0.1) is 5.56 Å². The number of nitriles is 1. The zero-order valence-electron chi connectivity index (χ0n) is 9.26. The van der Waals surface area contributed by atoms with E-state index in [-0.39, 0.29) is 0 Å². The van der Waals surface area contributed by atoms with Gasteiger partial charge in [-0.1, -0.05) is 24.3 Å². The molecule has 2 rings (SSSR count). The molecule has 0 spiro atoms. The zero-order chi connectivity index (χ0) is 12.1. The van der Waals surface area contributed by atoms with Gasteiger partial charge in [-0.05, 0) is 29.8 Å². The Balaban J connectivity index is 2.23. The summed E-state index contributed by atoms with van der Waals surface area (Å²) in [5.74, 6) is 1.26. The highest BCUT2D eigenvalue weighted by atomic mass is 16.5. The molecule has 3 nitrogen and oxygen atoms in total. The lowest BCUT2D eigenvalue weighted by Gasteiger charge is -2.07. The lowest BCUT2D eigenvalue weighted by molar-refractivity contribution is 0.481. The summed E-state index contributed by atoms with van der Waals surface area (Å²) in [6, 6.07) is 16.7. The highest BCUT2D eigenvalue weighted by Crippen LogP contribution is 2.24. The molecule has 2 aromatic rings. The minimum atomic E-state index is 0.509. The molecule has 0 aliphatic rings. The fourth-order valence-electron chi connectivity index (χ4n) is 1.47. The summed E-state index contributed by atoms with van der Waals surface area (Å²) in [5, 5.41) is 8.93.